The molecule has 2 fully saturated rings. The van der Waals surface area contributed by atoms with Gasteiger partial charge in [0.25, 0.3) is 0 Å². The maximum atomic E-state index is 12.3. The molecule has 2 aliphatic rings. The van der Waals surface area contributed by atoms with Gasteiger partial charge in [-0.3, -0.25) is 4.79 Å². The fourth-order valence-corrected chi connectivity index (χ4v) is 5.74. The van der Waals surface area contributed by atoms with Gasteiger partial charge in [0.05, 0.1) is 11.0 Å². The first-order valence-electron chi connectivity index (χ1n) is 6.51. The molecule has 2 saturated carbocycles. The van der Waals surface area contributed by atoms with E-state index in [1.807, 2.05) is 0 Å². The molecule has 0 aromatic rings. The zero-order chi connectivity index (χ0) is 14.2. The Bertz CT molecular complexity index is 486. The SMILES string of the molecule is CC(=O)NC(CS(=O)(=O)C1CC2CCC1C2)C(=O)O. The van der Waals surface area contributed by atoms with Crippen molar-refractivity contribution in [2.45, 2.75) is 43.9 Å². The monoisotopic (exact) mass is 289 g/mol. The molecule has 2 bridgehead atoms. The normalized spacial score (nSPS) is 31.1. The third kappa shape index (κ3) is 3.08. The molecule has 0 spiro atoms. The summed E-state index contributed by atoms with van der Waals surface area (Å²) in [6, 6.07) is -1.35. The molecule has 7 heteroatoms. The first kappa shape index (κ1) is 14.3. The van der Waals surface area contributed by atoms with Crippen LogP contribution in [0.3, 0.4) is 0 Å². The Morgan fingerprint density at radius 1 is 1.32 bits per heavy atom. The lowest BCUT2D eigenvalue weighted by atomic mass is 10.0. The Morgan fingerprint density at radius 3 is 2.42 bits per heavy atom. The van der Waals surface area contributed by atoms with E-state index in [2.05, 4.69) is 5.32 Å². The summed E-state index contributed by atoms with van der Waals surface area (Å²) in [6.07, 6.45) is 3.61. The molecule has 19 heavy (non-hydrogen) atoms. The summed E-state index contributed by atoms with van der Waals surface area (Å²) in [4.78, 5) is 21.9. The zero-order valence-electron chi connectivity index (χ0n) is 10.8. The highest BCUT2D eigenvalue weighted by atomic mass is 32.2. The molecule has 0 radical (unpaired) electrons. The predicted octanol–water partition coefficient (Wildman–Crippen LogP) is 0.179. The third-order valence-electron chi connectivity index (χ3n) is 4.21. The lowest BCUT2D eigenvalue weighted by molar-refractivity contribution is -0.140. The first-order chi connectivity index (χ1) is 8.79. The van der Waals surface area contributed by atoms with Crippen molar-refractivity contribution in [1.29, 1.82) is 0 Å². The number of carboxylic acids is 1. The van der Waals surface area contributed by atoms with Gasteiger partial charge >= 0.3 is 5.97 Å². The van der Waals surface area contributed by atoms with Gasteiger partial charge < -0.3 is 10.4 Å². The number of hydrogen-bond donors (Lipinski definition) is 2. The van der Waals surface area contributed by atoms with Crippen molar-refractivity contribution in [3.8, 4) is 0 Å². The van der Waals surface area contributed by atoms with Crippen molar-refractivity contribution < 1.29 is 23.1 Å². The molecule has 4 unspecified atom stereocenters. The maximum absolute atomic E-state index is 12.3. The molecule has 0 aliphatic heterocycles. The molecule has 2 aliphatic carbocycles. The second-order valence-corrected chi connectivity index (χ2v) is 7.90. The topological polar surface area (TPSA) is 101 Å². The Morgan fingerprint density at radius 2 is 2.00 bits per heavy atom. The van der Waals surface area contributed by atoms with Crippen LogP contribution in [0.1, 0.15) is 32.6 Å². The molecule has 108 valence electrons. The van der Waals surface area contributed by atoms with E-state index >= 15 is 0 Å². The van der Waals surface area contributed by atoms with Crippen molar-refractivity contribution in [2.24, 2.45) is 11.8 Å². The quantitative estimate of drug-likeness (QED) is 0.752. The van der Waals surface area contributed by atoms with Crippen LogP contribution in [0, 0.1) is 11.8 Å². The van der Waals surface area contributed by atoms with E-state index in [0.29, 0.717) is 12.3 Å². The molecule has 1 amide bonds. The molecule has 0 heterocycles. The van der Waals surface area contributed by atoms with Crippen LogP contribution in [0.2, 0.25) is 0 Å². The molecular weight excluding hydrogens is 270 g/mol. The predicted molar refractivity (Wildman–Crippen MR) is 68.3 cm³/mol. The van der Waals surface area contributed by atoms with Crippen LogP contribution in [0.15, 0.2) is 0 Å². The summed E-state index contributed by atoms with van der Waals surface area (Å²) in [6.45, 7) is 1.18. The van der Waals surface area contributed by atoms with E-state index in [-0.39, 0.29) is 5.92 Å². The van der Waals surface area contributed by atoms with Crippen LogP contribution in [0.5, 0.6) is 0 Å². The third-order valence-corrected chi connectivity index (χ3v) is 6.51. The average Bonchev–Trinajstić information content (AvgIpc) is 2.88. The minimum absolute atomic E-state index is 0.182. The number of carbonyl (C=O) groups is 2. The molecule has 6 nitrogen and oxygen atoms in total. The van der Waals surface area contributed by atoms with Crippen LogP contribution in [0.25, 0.3) is 0 Å². The fraction of sp³-hybridized carbons (Fsp3) is 0.833. The summed E-state index contributed by atoms with van der Waals surface area (Å²) in [7, 11) is -3.48. The highest BCUT2D eigenvalue weighted by Gasteiger charge is 2.46. The molecule has 0 saturated heterocycles. The van der Waals surface area contributed by atoms with Crippen molar-refractivity contribution in [2.75, 3.05) is 5.75 Å². The Balaban J connectivity index is 2.07. The molecule has 0 aromatic carbocycles. The summed E-state index contributed by atoms with van der Waals surface area (Å²) >= 11 is 0. The summed E-state index contributed by atoms with van der Waals surface area (Å²) in [5.41, 5.74) is 0. The van der Waals surface area contributed by atoms with Gasteiger partial charge in [0, 0.05) is 6.92 Å². The van der Waals surface area contributed by atoms with Crippen LogP contribution < -0.4 is 5.32 Å². The average molecular weight is 289 g/mol. The minimum Gasteiger partial charge on any atom is -0.480 e. The van der Waals surface area contributed by atoms with Gasteiger partial charge in [0.1, 0.15) is 6.04 Å². The largest absolute Gasteiger partial charge is 0.480 e. The first-order valence-corrected chi connectivity index (χ1v) is 8.22. The van der Waals surface area contributed by atoms with Crippen LogP contribution >= 0.6 is 0 Å². The van der Waals surface area contributed by atoms with Crippen LogP contribution in [-0.2, 0) is 19.4 Å². The highest BCUT2D eigenvalue weighted by molar-refractivity contribution is 7.92. The second-order valence-electron chi connectivity index (χ2n) is 5.63. The fourth-order valence-electron chi connectivity index (χ4n) is 3.40. The number of fused-ring (bicyclic) bond motifs is 2. The van der Waals surface area contributed by atoms with E-state index in [0.717, 1.165) is 19.3 Å². The van der Waals surface area contributed by atoms with E-state index in [9.17, 15) is 18.0 Å². The zero-order valence-corrected chi connectivity index (χ0v) is 11.6. The van der Waals surface area contributed by atoms with Crippen molar-refractivity contribution in [3.63, 3.8) is 0 Å². The lowest BCUT2D eigenvalue weighted by Crippen LogP contribution is -2.46. The molecule has 2 N–H and O–H groups in total. The number of hydrogen-bond acceptors (Lipinski definition) is 4. The Kier molecular flexibility index (Phi) is 3.85. The van der Waals surface area contributed by atoms with E-state index in [1.165, 1.54) is 6.92 Å². The minimum atomic E-state index is -3.48. The summed E-state index contributed by atoms with van der Waals surface area (Å²) < 4.78 is 24.6. The van der Waals surface area contributed by atoms with Gasteiger partial charge in [-0.1, -0.05) is 6.42 Å². The van der Waals surface area contributed by atoms with E-state index < -0.39 is 38.8 Å². The number of aliphatic carboxylic acids is 1. The van der Waals surface area contributed by atoms with E-state index in [1.54, 1.807) is 0 Å². The number of amides is 1. The van der Waals surface area contributed by atoms with Gasteiger partial charge in [0.15, 0.2) is 9.84 Å². The number of nitrogens with one attached hydrogen (secondary N) is 1. The molecule has 0 aromatic heterocycles. The lowest BCUT2D eigenvalue weighted by Gasteiger charge is -2.23. The molecule has 2 rings (SSSR count). The highest BCUT2D eigenvalue weighted by Crippen LogP contribution is 2.47. The summed E-state index contributed by atoms with van der Waals surface area (Å²) in [5.74, 6) is -1.68. The number of sulfone groups is 1. The van der Waals surface area contributed by atoms with Crippen molar-refractivity contribution in [1.82, 2.24) is 5.32 Å². The van der Waals surface area contributed by atoms with Gasteiger partial charge in [-0.15, -0.1) is 0 Å². The van der Waals surface area contributed by atoms with Gasteiger partial charge in [0.2, 0.25) is 5.91 Å². The van der Waals surface area contributed by atoms with Crippen LogP contribution in [0.4, 0.5) is 0 Å². The van der Waals surface area contributed by atoms with Gasteiger partial charge in [-0.05, 0) is 31.1 Å². The Hall–Kier alpha value is -1.11. The Labute approximate surface area is 112 Å². The number of carboxylic acid groups (broad SMARTS) is 1. The number of carbonyl (C=O) groups excluding carboxylic acids is 1. The smallest absolute Gasteiger partial charge is 0.327 e. The van der Waals surface area contributed by atoms with Crippen molar-refractivity contribution in [3.05, 3.63) is 0 Å². The van der Waals surface area contributed by atoms with E-state index in [4.69, 9.17) is 5.11 Å². The van der Waals surface area contributed by atoms with Crippen LogP contribution in [-0.4, -0.2) is 42.4 Å². The number of rotatable bonds is 5. The summed E-state index contributed by atoms with van der Waals surface area (Å²) in [5, 5.41) is 10.8. The standard InChI is InChI=1S/C12H19NO5S/c1-7(14)13-10(12(15)16)6-19(17,18)11-5-8-2-3-9(11)4-8/h8-11H,2-6H2,1H3,(H,13,14)(H,15,16). The maximum Gasteiger partial charge on any atom is 0.327 e. The molecule has 4 atom stereocenters. The second kappa shape index (κ2) is 5.11. The molecular formula is C12H19NO5S. The van der Waals surface area contributed by atoms with Gasteiger partial charge in [-0.25, -0.2) is 13.2 Å². The van der Waals surface area contributed by atoms with Gasteiger partial charge in [-0.2, -0.15) is 0 Å². The van der Waals surface area contributed by atoms with Crippen molar-refractivity contribution >= 4 is 21.7 Å².